The molecule has 1 aliphatic rings. The number of aromatic nitrogens is 1. The van der Waals surface area contributed by atoms with Gasteiger partial charge in [0.25, 0.3) is 5.91 Å². The molecule has 0 aliphatic carbocycles. The third-order valence-corrected chi connectivity index (χ3v) is 3.21. The Balaban J connectivity index is 1.95. The number of hydrogen-bond acceptors (Lipinski definition) is 4. The first-order valence-corrected chi connectivity index (χ1v) is 6.34. The maximum absolute atomic E-state index is 12.0. The summed E-state index contributed by atoms with van der Waals surface area (Å²) in [5.74, 6) is -0.801. The third-order valence-electron chi connectivity index (χ3n) is 3.21. The summed E-state index contributed by atoms with van der Waals surface area (Å²) in [6.45, 7) is 0.270. The van der Waals surface area contributed by atoms with Gasteiger partial charge in [0.2, 0.25) is 0 Å². The number of benzene rings is 1. The van der Waals surface area contributed by atoms with Crippen LogP contribution in [-0.4, -0.2) is 28.6 Å². The van der Waals surface area contributed by atoms with E-state index in [1.807, 2.05) is 6.07 Å². The Morgan fingerprint density at radius 2 is 2.24 bits per heavy atom. The zero-order valence-corrected chi connectivity index (χ0v) is 11.0. The van der Waals surface area contributed by atoms with Crippen molar-refractivity contribution in [3.8, 4) is 5.75 Å². The number of pyridine rings is 1. The van der Waals surface area contributed by atoms with Gasteiger partial charge in [0.15, 0.2) is 6.61 Å². The quantitative estimate of drug-likeness (QED) is 0.928. The smallest absolute Gasteiger partial charge is 0.335 e. The first kappa shape index (κ1) is 13.1. The number of carboxylic acids is 1. The van der Waals surface area contributed by atoms with Crippen LogP contribution in [0.5, 0.6) is 5.75 Å². The number of carboxylic acid groups (broad SMARTS) is 1. The van der Waals surface area contributed by atoms with Gasteiger partial charge in [-0.05, 0) is 29.8 Å². The molecule has 0 saturated carbocycles. The molecule has 1 aromatic heterocycles. The number of nitrogens with zero attached hydrogens (tertiary/aromatic N) is 2. The van der Waals surface area contributed by atoms with Crippen molar-refractivity contribution in [2.24, 2.45) is 0 Å². The highest BCUT2D eigenvalue weighted by Gasteiger charge is 2.26. The SMILES string of the molecule is O=C(O)c1ccc2c(c1)OCC(=O)N2Cc1cccnc1. The molecule has 1 N–H and O–H groups in total. The predicted octanol–water partition coefficient (Wildman–Crippen LogP) is 1.71. The molecule has 0 bridgehead atoms. The van der Waals surface area contributed by atoms with Crippen molar-refractivity contribution in [3.05, 3.63) is 53.9 Å². The number of aromatic carboxylic acids is 1. The van der Waals surface area contributed by atoms with E-state index in [0.717, 1.165) is 5.56 Å². The van der Waals surface area contributed by atoms with Crippen LogP contribution in [0.1, 0.15) is 15.9 Å². The average Bonchev–Trinajstić information content (AvgIpc) is 2.50. The van der Waals surface area contributed by atoms with Crippen molar-refractivity contribution >= 4 is 17.6 Å². The lowest BCUT2D eigenvalue weighted by Gasteiger charge is -2.29. The van der Waals surface area contributed by atoms with Gasteiger partial charge < -0.3 is 14.7 Å². The molecule has 0 atom stereocenters. The molecule has 1 amide bonds. The second-order valence-electron chi connectivity index (χ2n) is 4.62. The van der Waals surface area contributed by atoms with Crippen LogP contribution in [0.4, 0.5) is 5.69 Å². The molecule has 6 heteroatoms. The van der Waals surface area contributed by atoms with Gasteiger partial charge in [0.05, 0.1) is 17.8 Å². The van der Waals surface area contributed by atoms with Crippen LogP contribution < -0.4 is 9.64 Å². The molecule has 1 aromatic carbocycles. The lowest BCUT2D eigenvalue weighted by Crippen LogP contribution is -2.38. The number of amides is 1. The number of carbonyl (C=O) groups excluding carboxylic acids is 1. The Labute approximate surface area is 120 Å². The molecule has 2 heterocycles. The minimum atomic E-state index is -1.03. The van der Waals surface area contributed by atoms with Gasteiger partial charge in [-0.15, -0.1) is 0 Å². The predicted molar refractivity (Wildman–Crippen MR) is 74.3 cm³/mol. The number of ether oxygens (including phenoxy) is 1. The molecule has 2 aromatic rings. The summed E-state index contributed by atoms with van der Waals surface area (Å²) in [5.41, 5.74) is 1.59. The van der Waals surface area contributed by atoms with Crippen molar-refractivity contribution < 1.29 is 19.4 Å². The Kier molecular flexibility index (Phi) is 3.27. The van der Waals surface area contributed by atoms with E-state index < -0.39 is 5.97 Å². The van der Waals surface area contributed by atoms with Crippen LogP contribution in [-0.2, 0) is 11.3 Å². The maximum atomic E-state index is 12.0. The number of anilines is 1. The summed E-state index contributed by atoms with van der Waals surface area (Å²) < 4.78 is 5.32. The van der Waals surface area contributed by atoms with E-state index in [2.05, 4.69) is 4.98 Å². The lowest BCUT2D eigenvalue weighted by atomic mass is 10.1. The lowest BCUT2D eigenvalue weighted by molar-refractivity contribution is -0.121. The van der Waals surface area contributed by atoms with Crippen LogP contribution in [0.2, 0.25) is 0 Å². The van der Waals surface area contributed by atoms with E-state index in [4.69, 9.17) is 9.84 Å². The monoisotopic (exact) mass is 284 g/mol. The summed E-state index contributed by atoms with van der Waals surface area (Å²) in [7, 11) is 0. The largest absolute Gasteiger partial charge is 0.482 e. The molecule has 6 nitrogen and oxygen atoms in total. The van der Waals surface area contributed by atoms with Gasteiger partial charge in [-0.1, -0.05) is 6.07 Å². The van der Waals surface area contributed by atoms with Crippen molar-refractivity contribution in [2.45, 2.75) is 6.54 Å². The van der Waals surface area contributed by atoms with Crippen LogP contribution in [0.25, 0.3) is 0 Å². The van der Waals surface area contributed by atoms with Crippen LogP contribution in [0.15, 0.2) is 42.7 Å². The topological polar surface area (TPSA) is 79.7 Å². The summed E-state index contributed by atoms with van der Waals surface area (Å²) in [4.78, 5) is 28.6. The zero-order valence-electron chi connectivity index (χ0n) is 11.0. The molecule has 0 unspecified atom stereocenters. The Morgan fingerprint density at radius 3 is 2.95 bits per heavy atom. The molecule has 0 spiro atoms. The summed E-state index contributed by atoms with van der Waals surface area (Å²) in [5, 5.41) is 9.00. The van der Waals surface area contributed by atoms with Gasteiger partial charge in [-0.2, -0.15) is 0 Å². The summed E-state index contributed by atoms with van der Waals surface area (Å²) >= 11 is 0. The van der Waals surface area contributed by atoms with Crippen molar-refractivity contribution in [1.29, 1.82) is 0 Å². The Bertz CT molecular complexity index is 700. The molecule has 0 fully saturated rings. The molecule has 106 valence electrons. The number of fused-ring (bicyclic) bond motifs is 1. The highest BCUT2D eigenvalue weighted by molar-refractivity contribution is 5.99. The molecule has 0 radical (unpaired) electrons. The first-order chi connectivity index (χ1) is 10.1. The van der Waals surface area contributed by atoms with E-state index in [1.54, 1.807) is 29.4 Å². The normalized spacial score (nSPS) is 13.5. The molecular formula is C15H12N2O4. The van der Waals surface area contributed by atoms with Gasteiger partial charge in [-0.25, -0.2) is 4.79 Å². The standard InChI is InChI=1S/C15H12N2O4/c18-14-9-21-13-6-11(15(19)20)3-4-12(13)17(14)8-10-2-1-5-16-7-10/h1-7H,8-9H2,(H,19,20). The minimum absolute atomic E-state index is 0.101. The first-order valence-electron chi connectivity index (χ1n) is 6.34. The maximum Gasteiger partial charge on any atom is 0.335 e. The summed E-state index contributed by atoms with van der Waals surface area (Å²) in [6, 6.07) is 8.15. The van der Waals surface area contributed by atoms with Crippen LogP contribution in [0.3, 0.4) is 0 Å². The van der Waals surface area contributed by atoms with E-state index in [0.29, 0.717) is 18.0 Å². The van der Waals surface area contributed by atoms with Crippen molar-refractivity contribution in [1.82, 2.24) is 4.98 Å². The summed E-state index contributed by atoms with van der Waals surface area (Å²) in [6.07, 6.45) is 3.35. The van der Waals surface area contributed by atoms with Gasteiger partial charge in [-0.3, -0.25) is 9.78 Å². The van der Waals surface area contributed by atoms with Gasteiger partial charge in [0.1, 0.15) is 5.75 Å². The van der Waals surface area contributed by atoms with E-state index in [1.165, 1.54) is 12.1 Å². The molecule has 0 saturated heterocycles. The second-order valence-corrected chi connectivity index (χ2v) is 4.62. The number of hydrogen-bond donors (Lipinski definition) is 1. The average molecular weight is 284 g/mol. The van der Waals surface area contributed by atoms with E-state index in [-0.39, 0.29) is 18.1 Å². The van der Waals surface area contributed by atoms with Crippen LogP contribution in [0, 0.1) is 0 Å². The van der Waals surface area contributed by atoms with Gasteiger partial charge in [0, 0.05) is 12.4 Å². The zero-order chi connectivity index (χ0) is 14.8. The molecule has 3 rings (SSSR count). The fraction of sp³-hybridized carbons (Fsp3) is 0.133. The number of rotatable bonds is 3. The highest BCUT2D eigenvalue weighted by Crippen LogP contribution is 2.33. The number of carbonyl (C=O) groups is 2. The van der Waals surface area contributed by atoms with E-state index >= 15 is 0 Å². The highest BCUT2D eigenvalue weighted by atomic mass is 16.5. The van der Waals surface area contributed by atoms with Crippen LogP contribution >= 0.6 is 0 Å². The Morgan fingerprint density at radius 1 is 1.38 bits per heavy atom. The van der Waals surface area contributed by atoms with Gasteiger partial charge >= 0.3 is 5.97 Å². The fourth-order valence-electron chi connectivity index (χ4n) is 2.19. The molecule has 1 aliphatic heterocycles. The Hall–Kier alpha value is -2.89. The molecular weight excluding hydrogens is 272 g/mol. The third kappa shape index (κ3) is 2.55. The minimum Gasteiger partial charge on any atom is -0.482 e. The fourth-order valence-corrected chi connectivity index (χ4v) is 2.19. The van der Waals surface area contributed by atoms with Crippen molar-refractivity contribution in [2.75, 3.05) is 11.5 Å². The van der Waals surface area contributed by atoms with Crippen molar-refractivity contribution in [3.63, 3.8) is 0 Å². The molecule has 21 heavy (non-hydrogen) atoms. The second kappa shape index (κ2) is 5.24. The van der Waals surface area contributed by atoms with E-state index in [9.17, 15) is 9.59 Å².